The highest BCUT2D eigenvalue weighted by molar-refractivity contribution is 7.91. The van der Waals surface area contributed by atoms with Gasteiger partial charge in [-0.25, -0.2) is 13.2 Å². The van der Waals surface area contributed by atoms with Crippen LogP contribution in [0.15, 0.2) is 17.0 Å². The van der Waals surface area contributed by atoms with Crippen LogP contribution in [0.4, 0.5) is 0 Å². The van der Waals surface area contributed by atoms with E-state index in [1.54, 1.807) is 0 Å². The summed E-state index contributed by atoms with van der Waals surface area (Å²) in [6.07, 6.45) is 5.40. The summed E-state index contributed by atoms with van der Waals surface area (Å²) in [6, 6.07) is 2.87. The predicted molar refractivity (Wildman–Crippen MR) is 111 cm³/mol. The molecule has 0 spiro atoms. The van der Waals surface area contributed by atoms with Gasteiger partial charge in [-0.15, -0.1) is 0 Å². The smallest absolute Gasteiger partial charge is 0.335 e. The number of fused-ring (bicyclic) bond motifs is 5. The molecule has 1 aromatic carbocycles. The number of rotatable bonds is 3. The molecule has 0 saturated heterocycles. The number of sulfone groups is 1. The second kappa shape index (κ2) is 6.73. The Hall–Kier alpha value is -1.56. The van der Waals surface area contributed by atoms with Crippen molar-refractivity contribution in [2.75, 3.05) is 12.4 Å². The number of hydrogen-bond donors (Lipinski definition) is 1. The molecule has 4 rings (SSSR count). The lowest BCUT2D eigenvalue weighted by molar-refractivity contribution is -0.0760. The van der Waals surface area contributed by atoms with Gasteiger partial charge in [-0.2, -0.15) is 0 Å². The van der Waals surface area contributed by atoms with Crippen molar-refractivity contribution in [3.8, 4) is 5.75 Å². The minimum Gasteiger partial charge on any atom is -0.494 e. The normalized spacial score (nSPS) is 34.4. The van der Waals surface area contributed by atoms with Gasteiger partial charge in [0.2, 0.25) is 0 Å². The van der Waals surface area contributed by atoms with Crippen molar-refractivity contribution in [2.45, 2.75) is 70.6 Å². The van der Waals surface area contributed by atoms with Crippen molar-refractivity contribution < 1.29 is 23.1 Å². The average molecular weight is 421 g/mol. The fraction of sp³-hybridized carbons (Fsp3) is 0.696. The zero-order valence-corrected chi connectivity index (χ0v) is 18.6. The van der Waals surface area contributed by atoms with Gasteiger partial charge in [0.05, 0.1) is 22.8 Å². The molecule has 2 fully saturated rings. The van der Waals surface area contributed by atoms with Gasteiger partial charge >= 0.3 is 5.97 Å². The fourth-order valence-corrected chi connectivity index (χ4v) is 9.10. The first kappa shape index (κ1) is 20.7. The van der Waals surface area contributed by atoms with Gasteiger partial charge in [0.1, 0.15) is 5.75 Å². The van der Waals surface area contributed by atoms with E-state index >= 15 is 0 Å². The number of carboxylic acid groups (broad SMARTS) is 1. The Morgan fingerprint density at radius 1 is 1.21 bits per heavy atom. The van der Waals surface area contributed by atoms with Gasteiger partial charge in [-0.1, -0.05) is 27.2 Å². The summed E-state index contributed by atoms with van der Waals surface area (Å²) >= 11 is 0. The summed E-state index contributed by atoms with van der Waals surface area (Å²) in [7, 11) is -3.58. The minimum absolute atomic E-state index is 0.0204. The largest absolute Gasteiger partial charge is 0.494 e. The molecule has 2 aliphatic carbocycles. The second-order valence-corrected chi connectivity index (χ2v) is 12.1. The van der Waals surface area contributed by atoms with Crippen LogP contribution in [-0.2, 0) is 9.84 Å². The highest BCUT2D eigenvalue weighted by Crippen LogP contribution is 2.65. The van der Waals surface area contributed by atoms with E-state index in [0.717, 1.165) is 31.2 Å². The van der Waals surface area contributed by atoms with Crippen LogP contribution < -0.4 is 4.74 Å². The molecule has 5 nitrogen and oxygen atoms in total. The number of aromatic carboxylic acids is 1. The van der Waals surface area contributed by atoms with Crippen LogP contribution in [0.2, 0.25) is 0 Å². The molecule has 6 heteroatoms. The molecule has 1 N–H and O–H groups in total. The Morgan fingerprint density at radius 2 is 1.93 bits per heavy atom. The molecule has 0 amide bonds. The first-order valence-corrected chi connectivity index (χ1v) is 12.4. The van der Waals surface area contributed by atoms with Crippen molar-refractivity contribution in [1.82, 2.24) is 0 Å². The Kier molecular flexibility index (Phi) is 4.80. The van der Waals surface area contributed by atoms with E-state index in [1.807, 2.05) is 6.92 Å². The highest BCUT2D eigenvalue weighted by Gasteiger charge is 2.58. The van der Waals surface area contributed by atoms with E-state index in [-0.39, 0.29) is 38.9 Å². The number of benzene rings is 1. The molecule has 2 saturated carbocycles. The van der Waals surface area contributed by atoms with E-state index in [9.17, 15) is 18.3 Å². The van der Waals surface area contributed by atoms with Gasteiger partial charge in [0, 0.05) is 5.56 Å². The molecular formula is C23H32O5S. The lowest BCUT2D eigenvalue weighted by Gasteiger charge is -2.60. The molecule has 1 heterocycles. The number of ether oxygens (including phenoxy) is 1. The molecule has 160 valence electrons. The summed E-state index contributed by atoms with van der Waals surface area (Å²) < 4.78 is 32.6. The lowest BCUT2D eigenvalue weighted by atomic mass is 9.46. The molecular weight excluding hydrogens is 388 g/mol. The third-order valence-corrected chi connectivity index (χ3v) is 9.94. The summed E-state index contributed by atoms with van der Waals surface area (Å²) in [4.78, 5) is 11.8. The second-order valence-electron chi connectivity index (χ2n) is 10.1. The molecule has 0 aromatic heterocycles. The summed E-state index contributed by atoms with van der Waals surface area (Å²) in [5, 5.41) is 9.48. The van der Waals surface area contributed by atoms with E-state index in [2.05, 4.69) is 20.8 Å². The van der Waals surface area contributed by atoms with E-state index in [4.69, 9.17) is 4.74 Å². The minimum atomic E-state index is -3.58. The number of hydrogen-bond acceptors (Lipinski definition) is 4. The van der Waals surface area contributed by atoms with Crippen LogP contribution in [0, 0.1) is 22.7 Å². The monoisotopic (exact) mass is 420 g/mol. The van der Waals surface area contributed by atoms with Gasteiger partial charge < -0.3 is 9.84 Å². The fourth-order valence-electron chi connectivity index (χ4n) is 6.94. The highest BCUT2D eigenvalue weighted by atomic mass is 32.2. The van der Waals surface area contributed by atoms with E-state index in [1.165, 1.54) is 18.6 Å². The third-order valence-electron chi connectivity index (χ3n) is 8.13. The van der Waals surface area contributed by atoms with Crippen LogP contribution >= 0.6 is 0 Å². The Bertz CT molecular complexity index is 948. The van der Waals surface area contributed by atoms with Crippen molar-refractivity contribution in [1.29, 1.82) is 0 Å². The van der Waals surface area contributed by atoms with E-state index < -0.39 is 15.8 Å². The summed E-state index contributed by atoms with van der Waals surface area (Å²) in [6.45, 7) is 9.20. The lowest BCUT2D eigenvalue weighted by Crippen LogP contribution is -2.54. The van der Waals surface area contributed by atoms with Crippen LogP contribution in [0.25, 0.3) is 0 Å². The predicted octanol–water partition coefficient (Wildman–Crippen LogP) is 4.90. The Morgan fingerprint density at radius 3 is 2.59 bits per heavy atom. The topological polar surface area (TPSA) is 80.7 Å². The van der Waals surface area contributed by atoms with Crippen molar-refractivity contribution in [3.63, 3.8) is 0 Å². The molecule has 0 unspecified atom stereocenters. The molecule has 1 aromatic rings. The molecule has 0 bridgehead atoms. The first-order chi connectivity index (χ1) is 13.5. The summed E-state index contributed by atoms with van der Waals surface area (Å²) in [5.74, 6) is 0.0907. The van der Waals surface area contributed by atoms with Crippen LogP contribution in [-0.4, -0.2) is 31.9 Å². The molecule has 1 aliphatic heterocycles. The Labute approximate surface area is 173 Å². The van der Waals surface area contributed by atoms with Crippen LogP contribution in [0.5, 0.6) is 5.75 Å². The van der Waals surface area contributed by atoms with Crippen molar-refractivity contribution in [2.24, 2.45) is 22.7 Å². The molecule has 0 radical (unpaired) electrons. The van der Waals surface area contributed by atoms with Gasteiger partial charge in [0.25, 0.3) is 0 Å². The SMILES string of the molecule is CCOc1cc(C(=O)O)cc2c1[C@@H]1CC[C@H]3C(C)(C)CCC[C@]3(C)[C@H]1CS2(=O)=O. The third kappa shape index (κ3) is 3.09. The van der Waals surface area contributed by atoms with Gasteiger partial charge in [-0.3, -0.25) is 0 Å². The molecule has 29 heavy (non-hydrogen) atoms. The molecule has 3 aliphatic rings. The maximum absolute atomic E-state index is 13.4. The van der Waals surface area contributed by atoms with Crippen LogP contribution in [0.3, 0.4) is 0 Å². The Balaban J connectivity index is 1.90. The van der Waals surface area contributed by atoms with Crippen molar-refractivity contribution in [3.05, 3.63) is 23.3 Å². The maximum atomic E-state index is 13.4. The quantitative estimate of drug-likeness (QED) is 0.752. The number of carboxylic acids is 1. The maximum Gasteiger partial charge on any atom is 0.335 e. The van der Waals surface area contributed by atoms with Gasteiger partial charge in [-0.05, 0) is 73.3 Å². The molecule has 4 atom stereocenters. The first-order valence-electron chi connectivity index (χ1n) is 10.8. The number of carbonyl (C=O) groups is 1. The zero-order chi connectivity index (χ0) is 21.2. The van der Waals surface area contributed by atoms with Gasteiger partial charge in [0.15, 0.2) is 9.84 Å². The average Bonchev–Trinajstić information content (AvgIpc) is 2.61. The van der Waals surface area contributed by atoms with Crippen LogP contribution in [0.1, 0.15) is 81.6 Å². The zero-order valence-electron chi connectivity index (χ0n) is 17.8. The van der Waals surface area contributed by atoms with E-state index in [0.29, 0.717) is 18.3 Å². The summed E-state index contributed by atoms with van der Waals surface area (Å²) in [5.41, 5.74) is 0.909. The van der Waals surface area contributed by atoms with Crippen molar-refractivity contribution >= 4 is 15.8 Å². The standard InChI is InChI=1S/C23H32O5S/c1-5-28-17-11-14(21(24)25)12-18-20(17)15-7-8-19-22(2,3)9-6-10-23(19,4)16(15)13-29(18,26)27/h11-12,15-16,19H,5-10,13H2,1-4H3,(H,24,25)/t15-,16+,19+,23-/m1/s1.